The van der Waals surface area contributed by atoms with Crippen LogP contribution < -0.4 is 18.9 Å². The Labute approximate surface area is 58.8 Å². The summed E-state index contributed by atoms with van der Waals surface area (Å²) in [6, 6.07) is 0. The van der Waals surface area contributed by atoms with E-state index in [4.69, 9.17) is 5.11 Å². The number of aliphatic hydroxyl groups is 1. The molecule has 0 saturated carbocycles. The zero-order valence-electron chi connectivity index (χ0n) is 6.44. The summed E-state index contributed by atoms with van der Waals surface area (Å²) in [6.45, 7) is 3.87. The molecule has 0 aliphatic carbocycles. The second kappa shape index (κ2) is 6.56. The van der Waals surface area contributed by atoms with E-state index in [9.17, 15) is 0 Å². The van der Waals surface area contributed by atoms with E-state index in [1.165, 1.54) is 0 Å². The Kier molecular flexibility index (Phi) is 9.86. The van der Waals surface area contributed by atoms with Gasteiger partial charge in [0, 0.05) is 0 Å². The van der Waals surface area contributed by atoms with Crippen LogP contribution in [0.25, 0.3) is 0 Å². The SMILES string of the molecule is CCC[C@@H](C)O.[H-].[Li+]. The molecule has 2 heteroatoms. The van der Waals surface area contributed by atoms with Gasteiger partial charge in [-0.05, 0) is 13.3 Å². The van der Waals surface area contributed by atoms with Crippen LogP contribution >= 0.6 is 0 Å². The third-order valence-electron chi connectivity index (χ3n) is 0.706. The van der Waals surface area contributed by atoms with Crippen LogP contribution in [0.4, 0.5) is 0 Å². The smallest absolute Gasteiger partial charge is 1.00 e. The Balaban J connectivity index is -0.000000125. The van der Waals surface area contributed by atoms with E-state index in [0.717, 1.165) is 12.8 Å². The maximum atomic E-state index is 8.55. The van der Waals surface area contributed by atoms with Gasteiger partial charge in [-0.15, -0.1) is 0 Å². The van der Waals surface area contributed by atoms with E-state index in [-0.39, 0.29) is 26.4 Å². The van der Waals surface area contributed by atoms with Crippen molar-refractivity contribution >= 4 is 0 Å². The molecule has 1 N–H and O–H groups in total. The van der Waals surface area contributed by atoms with E-state index in [0.29, 0.717) is 0 Å². The van der Waals surface area contributed by atoms with Gasteiger partial charge in [0.1, 0.15) is 0 Å². The van der Waals surface area contributed by atoms with Crippen molar-refractivity contribution in [3.8, 4) is 0 Å². The van der Waals surface area contributed by atoms with Crippen molar-refractivity contribution in [3.05, 3.63) is 0 Å². The molecule has 0 bridgehead atoms. The summed E-state index contributed by atoms with van der Waals surface area (Å²) >= 11 is 0. The molecule has 0 fully saturated rings. The van der Waals surface area contributed by atoms with Crippen molar-refractivity contribution < 1.29 is 25.4 Å². The first-order valence-corrected chi connectivity index (χ1v) is 2.45. The molecule has 0 spiro atoms. The van der Waals surface area contributed by atoms with E-state index in [1.54, 1.807) is 0 Å². The van der Waals surface area contributed by atoms with Gasteiger partial charge in [0.15, 0.2) is 0 Å². The molecule has 0 saturated heterocycles. The summed E-state index contributed by atoms with van der Waals surface area (Å²) in [6.07, 6.45) is 1.91. The fourth-order valence-electron chi connectivity index (χ4n) is 0.418. The van der Waals surface area contributed by atoms with E-state index in [2.05, 4.69) is 6.92 Å². The summed E-state index contributed by atoms with van der Waals surface area (Å²) < 4.78 is 0. The fraction of sp³-hybridized carbons (Fsp3) is 1.00. The maximum Gasteiger partial charge on any atom is 1.00 e. The van der Waals surface area contributed by atoms with E-state index >= 15 is 0 Å². The Bertz CT molecular complexity index is 33.6. The largest absolute Gasteiger partial charge is 1.00 e. The fourth-order valence-corrected chi connectivity index (χ4v) is 0.418. The molecule has 40 valence electrons. The Morgan fingerprint density at radius 3 is 2.14 bits per heavy atom. The van der Waals surface area contributed by atoms with Gasteiger partial charge >= 0.3 is 18.9 Å². The van der Waals surface area contributed by atoms with Crippen LogP contribution in [-0.4, -0.2) is 11.2 Å². The molecular formula is C5H13LiO. The zero-order chi connectivity index (χ0) is 4.99. The van der Waals surface area contributed by atoms with Gasteiger partial charge in [-0.25, -0.2) is 0 Å². The number of rotatable bonds is 2. The van der Waals surface area contributed by atoms with Crippen molar-refractivity contribution in [2.24, 2.45) is 0 Å². The average Bonchev–Trinajstić information content (AvgIpc) is 1.35. The summed E-state index contributed by atoms with van der Waals surface area (Å²) in [5, 5.41) is 8.55. The quantitative estimate of drug-likeness (QED) is 0.406. The van der Waals surface area contributed by atoms with Crippen molar-refractivity contribution in [1.29, 1.82) is 0 Å². The molecule has 7 heavy (non-hydrogen) atoms. The van der Waals surface area contributed by atoms with Crippen LogP contribution in [0.1, 0.15) is 28.1 Å². The molecular weight excluding hydrogens is 83.0 g/mol. The van der Waals surface area contributed by atoms with Crippen LogP contribution in [-0.2, 0) is 0 Å². The van der Waals surface area contributed by atoms with Crippen molar-refractivity contribution in [1.82, 2.24) is 0 Å². The number of aliphatic hydroxyl groups excluding tert-OH is 1. The molecule has 0 amide bonds. The summed E-state index contributed by atoms with van der Waals surface area (Å²) in [4.78, 5) is 0. The predicted octanol–water partition coefficient (Wildman–Crippen LogP) is -1.72. The minimum absolute atomic E-state index is 0. The van der Waals surface area contributed by atoms with Crippen LogP contribution in [0, 0.1) is 0 Å². The van der Waals surface area contributed by atoms with Gasteiger partial charge in [0.05, 0.1) is 6.10 Å². The molecule has 0 unspecified atom stereocenters. The minimum Gasteiger partial charge on any atom is -1.00 e. The van der Waals surface area contributed by atoms with Gasteiger partial charge in [-0.2, -0.15) is 0 Å². The summed E-state index contributed by atoms with van der Waals surface area (Å²) in [7, 11) is 0. The van der Waals surface area contributed by atoms with Crippen molar-refractivity contribution in [2.75, 3.05) is 0 Å². The second-order valence-corrected chi connectivity index (χ2v) is 1.64. The minimum atomic E-state index is -0.102. The van der Waals surface area contributed by atoms with Crippen LogP contribution in [0.2, 0.25) is 0 Å². The molecule has 0 heterocycles. The molecule has 1 atom stereocenters. The molecule has 0 rings (SSSR count). The number of hydrogen-bond donors (Lipinski definition) is 1. The summed E-state index contributed by atoms with van der Waals surface area (Å²) in [5.41, 5.74) is 0. The van der Waals surface area contributed by atoms with Gasteiger partial charge in [-0.3, -0.25) is 0 Å². The molecule has 0 aliphatic heterocycles. The first-order chi connectivity index (χ1) is 2.77. The van der Waals surface area contributed by atoms with Gasteiger partial charge < -0.3 is 6.53 Å². The van der Waals surface area contributed by atoms with Crippen LogP contribution in [0.15, 0.2) is 0 Å². The summed E-state index contributed by atoms with van der Waals surface area (Å²) in [5.74, 6) is 0. The second-order valence-electron chi connectivity index (χ2n) is 1.64. The maximum absolute atomic E-state index is 8.55. The van der Waals surface area contributed by atoms with Crippen LogP contribution in [0.5, 0.6) is 0 Å². The van der Waals surface area contributed by atoms with Gasteiger partial charge in [-0.1, -0.05) is 13.3 Å². The Morgan fingerprint density at radius 1 is 1.71 bits per heavy atom. The molecule has 0 aromatic carbocycles. The van der Waals surface area contributed by atoms with Gasteiger partial charge in [0.2, 0.25) is 0 Å². The van der Waals surface area contributed by atoms with E-state index in [1.807, 2.05) is 6.92 Å². The predicted molar refractivity (Wildman–Crippen MR) is 27.7 cm³/mol. The zero-order valence-corrected chi connectivity index (χ0v) is 5.44. The normalized spacial score (nSPS) is 12.4. The third kappa shape index (κ3) is 10.8. The molecule has 1 nitrogen and oxygen atoms in total. The first kappa shape index (κ1) is 10.5. The molecule has 0 aliphatic rings. The van der Waals surface area contributed by atoms with Crippen molar-refractivity contribution in [2.45, 2.75) is 32.8 Å². The molecule has 0 radical (unpaired) electrons. The van der Waals surface area contributed by atoms with Crippen molar-refractivity contribution in [3.63, 3.8) is 0 Å². The van der Waals surface area contributed by atoms with E-state index < -0.39 is 0 Å². The standard InChI is InChI=1S/C5H12O.Li.H/c1-3-4-5(2)6;;/h5-6H,3-4H2,1-2H3;;/q;+1;-1/t5-;;/m1../s1. The first-order valence-electron chi connectivity index (χ1n) is 2.45. The Morgan fingerprint density at radius 2 is 2.14 bits per heavy atom. The molecule has 0 aromatic heterocycles. The number of hydrogen-bond acceptors (Lipinski definition) is 1. The van der Waals surface area contributed by atoms with Gasteiger partial charge in [0.25, 0.3) is 0 Å². The monoisotopic (exact) mass is 96.1 g/mol. The molecule has 0 aromatic rings. The van der Waals surface area contributed by atoms with Crippen LogP contribution in [0.3, 0.4) is 0 Å². The third-order valence-corrected chi connectivity index (χ3v) is 0.706. The average molecular weight is 96.1 g/mol. The Hall–Kier alpha value is 0.557. The topological polar surface area (TPSA) is 20.2 Å².